The first-order valence-electron chi connectivity index (χ1n) is 10.9. The molecule has 2 aromatic rings. The molecule has 0 saturated heterocycles. The molecule has 2 heterocycles. The molecule has 1 N–H and O–H groups in total. The van der Waals surface area contributed by atoms with E-state index in [0.717, 1.165) is 31.2 Å². The van der Waals surface area contributed by atoms with Crippen molar-refractivity contribution in [1.82, 2.24) is 20.2 Å². The van der Waals surface area contributed by atoms with Crippen LogP contribution in [-0.2, 0) is 9.53 Å². The topological polar surface area (TPSA) is 100 Å². The van der Waals surface area contributed by atoms with Crippen molar-refractivity contribution in [3.8, 4) is 11.5 Å². The number of carbonyl (C=O) groups excluding carboxylic acids is 1. The van der Waals surface area contributed by atoms with Gasteiger partial charge in [-0.3, -0.25) is 0 Å². The molecule has 0 saturated carbocycles. The van der Waals surface area contributed by atoms with Crippen molar-refractivity contribution in [2.24, 2.45) is 0 Å². The minimum Gasteiger partial charge on any atom is -0.490 e. The number of nitrogens with one attached hydrogen (secondary N) is 1. The first kappa shape index (κ1) is 22.6. The Labute approximate surface area is 182 Å². The number of allylic oxidation sites excluding steroid dienone is 1. The van der Waals surface area contributed by atoms with Gasteiger partial charge in [0, 0.05) is 5.70 Å². The number of hydrogen-bond donors (Lipinski definition) is 1. The van der Waals surface area contributed by atoms with Gasteiger partial charge in [-0.15, -0.1) is 0 Å². The van der Waals surface area contributed by atoms with Gasteiger partial charge in [0.15, 0.2) is 11.5 Å². The van der Waals surface area contributed by atoms with Gasteiger partial charge >= 0.3 is 5.97 Å². The van der Waals surface area contributed by atoms with E-state index in [1.54, 1.807) is 4.68 Å². The zero-order valence-electron chi connectivity index (χ0n) is 18.7. The molecule has 0 radical (unpaired) electrons. The van der Waals surface area contributed by atoms with Crippen LogP contribution in [-0.4, -0.2) is 46.0 Å². The van der Waals surface area contributed by atoms with Crippen LogP contribution >= 0.6 is 0 Å². The number of aromatic nitrogens is 4. The summed E-state index contributed by atoms with van der Waals surface area (Å²) in [4.78, 5) is 13.0. The molecule has 0 amide bonds. The van der Waals surface area contributed by atoms with Crippen molar-refractivity contribution in [2.45, 2.75) is 59.4 Å². The van der Waals surface area contributed by atoms with Crippen LogP contribution in [0.5, 0.6) is 11.5 Å². The fraction of sp³-hybridized carbons (Fsp3) is 0.545. The normalized spacial score (nSPS) is 15.3. The smallest absolute Gasteiger partial charge is 0.338 e. The van der Waals surface area contributed by atoms with E-state index in [1.807, 2.05) is 32.0 Å². The molecule has 1 aliphatic rings. The summed E-state index contributed by atoms with van der Waals surface area (Å²) in [6.45, 7) is 9.41. The molecule has 0 unspecified atom stereocenters. The van der Waals surface area contributed by atoms with Crippen LogP contribution in [0.25, 0.3) is 0 Å². The van der Waals surface area contributed by atoms with Crippen molar-refractivity contribution in [3.63, 3.8) is 0 Å². The van der Waals surface area contributed by atoms with Crippen LogP contribution in [0.2, 0.25) is 0 Å². The molecule has 0 aliphatic carbocycles. The minimum absolute atomic E-state index is 0.371. The zero-order chi connectivity index (χ0) is 22.2. The number of unbranched alkanes of at least 4 members (excludes halogenated alkanes) is 2. The molecule has 168 valence electrons. The van der Waals surface area contributed by atoms with Crippen molar-refractivity contribution >= 4 is 11.9 Å². The SMILES string of the molecule is CCCCOC(=O)C1=C(C)Nc2nnnn2[C@H]1c1ccc(OCCCC)c(OCC)c1. The summed E-state index contributed by atoms with van der Waals surface area (Å²) in [7, 11) is 0. The van der Waals surface area contributed by atoms with Crippen LogP contribution in [0.15, 0.2) is 29.5 Å². The van der Waals surface area contributed by atoms with E-state index in [1.165, 1.54) is 0 Å². The maximum Gasteiger partial charge on any atom is 0.338 e. The molecule has 9 heteroatoms. The maximum atomic E-state index is 13.0. The Bertz CT molecular complexity index is 924. The van der Waals surface area contributed by atoms with Gasteiger partial charge in [0.2, 0.25) is 5.95 Å². The number of fused-ring (bicyclic) bond motifs is 1. The summed E-state index contributed by atoms with van der Waals surface area (Å²) < 4.78 is 18.9. The van der Waals surface area contributed by atoms with E-state index in [4.69, 9.17) is 14.2 Å². The summed E-state index contributed by atoms with van der Waals surface area (Å²) in [5.41, 5.74) is 1.94. The number of benzene rings is 1. The van der Waals surface area contributed by atoms with Gasteiger partial charge in [-0.2, -0.15) is 4.68 Å². The number of nitrogens with zero attached hydrogens (tertiary/aromatic N) is 4. The third kappa shape index (κ3) is 5.15. The van der Waals surface area contributed by atoms with E-state index in [-0.39, 0.29) is 5.97 Å². The van der Waals surface area contributed by atoms with E-state index >= 15 is 0 Å². The molecular formula is C22H31N5O4. The Hall–Kier alpha value is -3.10. The van der Waals surface area contributed by atoms with E-state index in [2.05, 4.69) is 34.7 Å². The van der Waals surface area contributed by atoms with Gasteiger partial charge in [-0.05, 0) is 54.8 Å². The molecule has 1 atom stereocenters. The summed E-state index contributed by atoms with van der Waals surface area (Å²) in [6, 6.07) is 5.14. The summed E-state index contributed by atoms with van der Waals surface area (Å²) in [6.07, 6.45) is 3.77. The van der Waals surface area contributed by atoms with Crippen molar-refractivity contribution in [2.75, 3.05) is 25.1 Å². The van der Waals surface area contributed by atoms with Crippen LogP contribution in [0.1, 0.15) is 65.0 Å². The van der Waals surface area contributed by atoms with Crippen LogP contribution in [0.4, 0.5) is 5.95 Å². The lowest BCUT2D eigenvalue weighted by Gasteiger charge is -2.28. The molecule has 31 heavy (non-hydrogen) atoms. The molecule has 0 spiro atoms. The predicted molar refractivity (Wildman–Crippen MR) is 116 cm³/mol. The maximum absolute atomic E-state index is 13.0. The Balaban J connectivity index is 1.98. The molecule has 0 fully saturated rings. The molecule has 3 rings (SSSR count). The number of ether oxygens (including phenoxy) is 3. The number of carbonyl (C=O) groups is 1. The average Bonchev–Trinajstić information content (AvgIpc) is 3.22. The Kier molecular flexibility index (Phi) is 7.86. The quantitative estimate of drug-likeness (QED) is 0.424. The summed E-state index contributed by atoms with van der Waals surface area (Å²) >= 11 is 0. The highest BCUT2D eigenvalue weighted by Gasteiger charge is 2.35. The monoisotopic (exact) mass is 429 g/mol. The largest absolute Gasteiger partial charge is 0.490 e. The van der Waals surface area contributed by atoms with Gasteiger partial charge in [0.05, 0.1) is 25.4 Å². The van der Waals surface area contributed by atoms with E-state index in [0.29, 0.717) is 48.5 Å². The fourth-order valence-electron chi connectivity index (χ4n) is 3.38. The van der Waals surface area contributed by atoms with Gasteiger partial charge < -0.3 is 19.5 Å². The Morgan fingerprint density at radius 2 is 1.87 bits per heavy atom. The van der Waals surface area contributed by atoms with Crippen LogP contribution in [0.3, 0.4) is 0 Å². The average molecular weight is 430 g/mol. The predicted octanol–water partition coefficient (Wildman–Crippen LogP) is 3.88. The first-order valence-corrected chi connectivity index (χ1v) is 10.9. The number of esters is 1. The molecule has 1 aliphatic heterocycles. The third-order valence-electron chi connectivity index (χ3n) is 5.00. The van der Waals surface area contributed by atoms with Gasteiger partial charge in [-0.1, -0.05) is 37.9 Å². The van der Waals surface area contributed by atoms with E-state index in [9.17, 15) is 4.79 Å². The minimum atomic E-state index is -0.538. The number of hydrogen-bond acceptors (Lipinski definition) is 8. The number of rotatable bonds is 11. The lowest BCUT2D eigenvalue weighted by molar-refractivity contribution is -0.139. The van der Waals surface area contributed by atoms with Crippen LogP contribution < -0.4 is 14.8 Å². The highest BCUT2D eigenvalue weighted by Crippen LogP contribution is 2.38. The van der Waals surface area contributed by atoms with Crippen molar-refractivity contribution < 1.29 is 19.0 Å². The Morgan fingerprint density at radius 3 is 2.61 bits per heavy atom. The van der Waals surface area contributed by atoms with Crippen LogP contribution in [0, 0.1) is 0 Å². The van der Waals surface area contributed by atoms with Gasteiger partial charge in [-0.25, -0.2) is 4.79 Å². The Morgan fingerprint density at radius 1 is 1.10 bits per heavy atom. The number of tetrazole rings is 1. The second-order valence-corrected chi connectivity index (χ2v) is 7.34. The molecule has 1 aromatic heterocycles. The molecular weight excluding hydrogens is 398 g/mol. The van der Waals surface area contributed by atoms with Gasteiger partial charge in [0.25, 0.3) is 0 Å². The zero-order valence-corrected chi connectivity index (χ0v) is 18.7. The fourth-order valence-corrected chi connectivity index (χ4v) is 3.38. The third-order valence-corrected chi connectivity index (χ3v) is 5.00. The molecule has 1 aromatic carbocycles. The highest BCUT2D eigenvalue weighted by molar-refractivity contribution is 5.92. The van der Waals surface area contributed by atoms with Crippen molar-refractivity contribution in [3.05, 3.63) is 35.0 Å². The molecule has 0 bridgehead atoms. The second kappa shape index (κ2) is 10.8. The summed E-state index contributed by atoms with van der Waals surface area (Å²) in [5.74, 6) is 1.39. The lowest BCUT2D eigenvalue weighted by atomic mass is 9.95. The van der Waals surface area contributed by atoms with E-state index < -0.39 is 6.04 Å². The molecule has 9 nitrogen and oxygen atoms in total. The number of anilines is 1. The summed E-state index contributed by atoms with van der Waals surface area (Å²) in [5, 5.41) is 15.0. The second-order valence-electron chi connectivity index (χ2n) is 7.34. The highest BCUT2D eigenvalue weighted by atomic mass is 16.5. The van der Waals surface area contributed by atoms with Gasteiger partial charge in [0.1, 0.15) is 6.04 Å². The standard InChI is InChI=1S/C22H31N5O4/c1-5-8-12-30-17-11-10-16(14-18(17)29-7-3)20-19(21(28)31-13-9-6-2)15(4)23-22-24-25-26-27(20)22/h10-11,14,20H,5-9,12-13H2,1-4H3,(H,23,24,26)/t20-/m0/s1. The lowest BCUT2D eigenvalue weighted by Crippen LogP contribution is -2.30. The first-order chi connectivity index (χ1) is 15.1. The van der Waals surface area contributed by atoms with Crippen molar-refractivity contribution in [1.29, 1.82) is 0 Å².